The van der Waals surface area contributed by atoms with E-state index < -0.39 is 0 Å². The molecule has 0 fully saturated rings. The Kier molecular flexibility index (Phi) is 5.53. The predicted molar refractivity (Wildman–Crippen MR) is 96.6 cm³/mol. The van der Waals surface area contributed by atoms with Crippen molar-refractivity contribution in [2.24, 2.45) is 0 Å². The van der Waals surface area contributed by atoms with Crippen molar-refractivity contribution in [2.75, 3.05) is 26.1 Å². The Balaban J connectivity index is 1.70. The van der Waals surface area contributed by atoms with Crippen LogP contribution >= 0.6 is 0 Å². The number of H-pyrrole nitrogens is 1. The Bertz CT molecular complexity index is 817. The highest BCUT2D eigenvalue weighted by atomic mass is 16.5. The van der Waals surface area contributed by atoms with Crippen LogP contribution in [-0.2, 0) is 11.3 Å². The van der Waals surface area contributed by atoms with E-state index >= 15 is 0 Å². The van der Waals surface area contributed by atoms with Gasteiger partial charge >= 0.3 is 0 Å². The fourth-order valence-electron chi connectivity index (χ4n) is 2.38. The van der Waals surface area contributed by atoms with Gasteiger partial charge in [-0.05, 0) is 30.3 Å². The van der Waals surface area contributed by atoms with Crippen molar-refractivity contribution in [3.05, 3.63) is 60.3 Å². The molecule has 0 unspecified atom stereocenters. The number of methoxy groups -OCH3 is 1. The van der Waals surface area contributed by atoms with E-state index in [-0.39, 0.29) is 0 Å². The van der Waals surface area contributed by atoms with E-state index in [1.54, 1.807) is 13.2 Å². The summed E-state index contributed by atoms with van der Waals surface area (Å²) in [5.74, 6) is 1.42. The Morgan fingerprint density at radius 2 is 1.72 bits per heavy atom. The van der Waals surface area contributed by atoms with Gasteiger partial charge in [0.25, 0.3) is 0 Å². The molecule has 0 radical (unpaired) electrons. The molecule has 6 heteroatoms. The zero-order valence-corrected chi connectivity index (χ0v) is 14.1. The largest absolute Gasteiger partial charge is 0.490 e. The van der Waals surface area contributed by atoms with E-state index in [4.69, 9.17) is 19.9 Å². The third-order valence-electron chi connectivity index (χ3n) is 3.64. The maximum atomic E-state index is 5.88. The van der Waals surface area contributed by atoms with Gasteiger partial charge in [0.2, 0.25) is 0 Å². The number of nitrogens with two attached hydrogens (primary N) is 1. The molecule has 1 heterocycles. The molecule has 3 rings (SSSR count). The zero-order chi connectivity index (χ0) is 17.5. The van der Waals surface area contributed by atoms with Crippen LogP contribution in [0.25, 0.3) is 11.3 Å². The van der Waals surface area contributed by atoms with Crippen LogP contribution in [0, 0.1) is 0 Å². The number of rotatable bonds is 8. The van der Waals surface area contributed by atoms with Gasteiger partial charge < -0.3 is 19.9 Å². The Labute approximate surface area is 146 Å². The molecule has 0 aliphatic carbocycles. The number of nitrogens with one attached hydrogen (secondary N) is 1. The average Bonchev–Trinajstić information content (AvgIpc) is 3.10. The van der Waals surface area contributed by atoms with Crippen LogP contribution in [0.3, 0.4) is 0 Å². The lowest BCUT2D eigenvalue weighted by Gasteiger charge is -2.09. The van der Waals surface area contributed by atoms with Gasteiger partial charge in [-0.2, -0.15) is 5.10 Å². The molecule has 25 heavy (non-hydrogen) atoms. The minimum Gasteiger partial charge on any atom is -0.490 e. The van der Waals surface area contributed by atoms with E-state index in [1.807, 2.05) is 48.5 Å². The van der Waals surface area contributed by atoms with Gasteiger partial charge in [0.05, 0.1) is 23.7 Å². The van der Waals surface area contributed by atoms with Crippen molar-refractivity contribution in [3.8, 4) is 22.8 Å². The summed E-state index contributed by atoms with van der Waals surface area (Å²) in [5, 5.41) is 7.35. The van der Waals surface area contributed by atoms with Crippen LogP contribution in [0.5, 0.6) is 11.5 Å². The van der Waals surface area contributed by atoms with Crippen molar-refractivity contribution in [1.82, 2.24) is 10.2 Å². The van der Waals surface area contributed by atoms with Crippen LogP contribution in [0.15, 0.2) is 54.6 Å². The fourth-order valence-corrected chi connectivity index (χ4v) is 2.38. The molecule has 0 spiro atoms. The van der Waals surface area contributed by atoms with Gasteiger partial charge in [0.15, 0.2) is 0 Å². The first kappa shape index (κ1) is 16.9. The van der Waals surface area contributed by atoms with E-state index in [9.17, 15) is 0 Å². The number of aromatic amines is 1. The smallest absolute Gasteiger partial charge is 0.142 e. The molecular weight excluding hydrogens is 318 g/mol. The second kappa shape index (κ2) is 8.21. The van der Waals surface area contributed by atoms with Gasteiger partial charge in [-0.1, -0.05) is 24.3 Å². The number of ether oxygens (including phenoxy) is 3. The summed E-state index contributed by atoms with van der Waals surface area (Å²) >= 11 is 0. The summed E-state index contributed by atoms with van der Waals surface area (Å²) in [4.78, 5) is 0. The van der Waals surface area contributed by atoms with Crippen molar-refractivity contribution in [3.63, 3.8) is 0 Å². The second-order valence-corrected chi connectivity index (χ2v) is 5.44. The number of hydrogen-bond acceptors (Lipinski definition) is 5. The SMILES string of the molecule is COCCOc1ccccc1-c1cc(COc2ccccc2N)[nH]n1. The lowest BCUT2D eigenvalue weighted by molar-refractivity contribution is 0.146. The molecule has 0 aliphatic rings. The molecule has 0 saturated heterocycles. The first-order chi connectivity index (χ1) is 12.3. The molecule has 0 atom stereocenters. The lowest BCUT2D eigenvalue weighted by atomic mass is 10.1. The highest BCUT2D eigenvalue weighted by Gasteiger charge is 2.10. The molecule has 3 aromatic rings. The second-order valence-electron chi connectivity index (χ2n) is 5.44. The number of hydrogen-bond donors (Lipinski definition) is 2. The zero-order valence-electron chi connectivity index (χ0n) is 14.1. The standard InChI is InChI=1S/C19H21N3O3/c1-23-10-11-24-18-8-4-2-6-15(18)17-12-14(21-22-17)13-25-19-9-5-3-7-16(19)20/h2-9,12H,10-11,13,20H2,1H3,(H,21,22). The van der Waals surface area contributed by atoms with Gasteiger partial charge in [0, 0.05) is 12.7 Å². The lowest BCUT2D eigenvalue weighted by Crippen LogP contribution is -2.05. The third kappa shape index (κ3) is 4.30. The maximum Gasteiger partial charge on any atom is 0.142 e. The van der Waals surface area contributed by atoms with E-state index in [1.165, 1.54) is 0 Å². The van der Waals surface area contributed by atoms with Crippen LogP contribution < -0.4 is 15.2 Å². The predicted octanol–water partition coefficient (Wildman–Crippen LogP) is 3.26. The topological polar surface area (TPSA) is 82.4 Å². The molecule has 130 valence electrons. The molecule has 0 amide bonds. The Hall–Kier alpha value is -2.99. The maximum absolute atomic E-state index is 5.88. The van der Waals surface area contributed by atoms with E-state index in [0.29, 0.717) is 31.3 Å². The van der Waals surface area contributed by atoms with Crippen LogP contribution in [0.2, 0.25) is 0 Å². The molecule has 6 nitrogen and oxygen atoms in total. The number of aromatic nitrogens is 2. The molecule has 0 bridgehead atoms. The molecule has 3 N–H and O–H groups in total. The van der Waals surface area contributed by atoms with Crippen LogP contribution in [0.1, 0.15) is 5.69 Å². The minimum atomic E-state index is 0.355. The molecule has 0 aliphatic heterocycles. The van der Waals surface area contributed by atoms with Crippen LogP contribution in [-0.4, -0.2) is 30.5 Å². The van der Waals surface area contributed by atoms with Gasteiger partial charge in [-0.15, -0.1) is 0 Å². The van der Waals surface area contributed by atoms with E-state index in [2.05, 4.69) is 10.2 Å². The minimum absolute atomic E-state index is 0.355. The summed E-state index contributed by atoms with van der Waals surface area (Å²) in [6.45, 7) is 1.38. The summed E-state index contributed by atoms with van der Waals surface area (Å²) in [7, 11) is 1.65. The molecule has 0 saturated carbocycles. The first-order valence-electron chi connectivity index (χ1n) is 8.00. The highest BCUT2D eigenvalue weighted by molar-refractivity contribution is 5.67. The number of para-hydroxylation sites is 3. The summed E-state index contributed by atoms with van der Waals surface area (Å²) in [6.07, 6.45) is 0. The van der Waals surface area contributed by atoms with Crippen molar-refractivity contribution < 1.29 is 14.2 Å². The van der Waals surface area contributed by atoms with Crippen molar-refractivity contribution in [2.45, 2.75) is 6.61 Å². The Morgan fingerprint density at radius 3 is 2.52 bits per heavy atom. The van der Waals surface area contributed by atoms with E-state index in [0.717, 1.165) is 22.7 Å². The van der Waals surface area contributed by atoms with Gasteiger partial charge in [-0.3, -0.25) is 5.10 Å². The summed E-state index contributed by atoms with van der Waals surface area (Å²) in [5.41, 5.74) is 9.06. The fraction of sp³-hybridized carbons (Fsp3) is 0.211. The number of nitrogen functional groups attached to an aromatic ring is 1. The number of benzene rings is 2. The number of nitrogens with zero attached hydrogens (tertiary/aromatic N) is 1. The average molecular weight is 339 g/mol. The van der Waals surface area contributed by atoms with Crippen molar-refractivity contribution >= 4 is 5.69 Å². The van der Waals surface area contributed by atoms with Gasteiger partial charge in [0.1, 0.15) is 24.7 Å². The summed E-state index contributed by atoms with van der Waals surface area (Å²) < 4.78 is 16.5. The summed E-state index contributed by atoms with van der Waals surface area (Å²) in [6, 6.07) is 17.1. The van der Waals surface area contributed by atoms with Crippen molar-refractivity contribution in [1.29, 1.82) is 0 Å². The molecular formula is C19H21N3O3. The number of anilines is 1. The third-order valence-corrected chi connectivity index (χ3v) is 3.64. The Morgan fingerprint density at radius 1 is 0.960 bits per heavy atom. The van der Waals surface area contributed by atoms with Gasteiger partial charge in [-0.25, -0.2) is 0 Å². The normalized spacial score (nSPS) is 10.6. The van der Waals surface area contributed by atoms with Crippen LogP contribution in [0.4, 0.5) is 5.69 Å². The molecule has 1 aromatic heterocycles. The molecule has 2 aromatic carbocycles. The quantitative estimate of drug-likeness (QED) is 0.486. The highest BCUT2D eigenvalue weighted by Crippen LogP contribution is 2.29. The first-order valence-corrected chi connectivity index (χ1v) is 8.00. The monoisotopic (exact) mass is 339 g/mol.